The van der Waals surface area contributed by atoms with E-state index < -0.39 is 14.6 Å². The second-order valence-electron chi connectivity index (χ2n) is 7.99. The maximum absolute atomic E-state index is 12.2. The van der Waals surface area contributed by atoms with Crippen LogP contribution in [0.4, 0.5) is 0 Å². The Morgan fingerprint density at radius 3 is 2.28 bits per heavy atom. The maximum atomic E-state index is 12.2. The number of guanidine groups is 1. The van der Waals surface area contributed by atoms with Gasteiger partial charge in [0.25, 0.3) is 0 Å². The van der Waals surface area contributed by atoms with Gasteiger partial charge < -0.3 is 10.2 Å². The van der Waals surface area contributed by atoms with E-state index in [0.29, 0.717) is 19.0 Å². The van der Waals surface area contributed by atoms with Crippen molar-refractivity contribution in [1.29, 1.82) is 0 Å². The molecule has 0 radical (unpaired) electrons. The number of nitrogens with zero attached hydrogens (tertiary/aromatic N) is 2. The average Bonchev–Trinajstić information content (AvgIpc) is 2.54. The van der Waals surface area contributed by atoms with Crippen LogP contribution < -0.4 is 5.32 Å². The molecule has 0 amide bonds. The lowest BCUT2D eigenvalue weighted by molar-refractivity contribution is 0.273. The molecule has 1 aliphatic carbocycles. The van der Waals surface area contributed by atoms with Crippen molar-refractivity contribution in [2.45, 2.75) is 64.5 Å². The summed E-state index contributed by atoms with van der Waals surface area (Å²) in [6, 6.07) is 0. The van der Waals surface area contributed by atoms with Crippen LogP contribution in [0.15, 0.2) is 4.99 Å². The topological polar surface area (TPSA) is 61.8 Å². The van der Waals surface area contributed by atoms with Crippen LogP contribution in [0, 0.1) is 11.8 Å². The third-order valence-corrected chi connectivity index (χ3v) is 8.25. The largest absolute Gasteiger partial charge is 0.357 e. The molecular formula is C18H36IN3O2S. The first-order valence-electron chi connectivity index (χ1n) is 9.54. The van der Waals surface area contributed by atoms with Crippen molar-refractivity contribution in [3.63, 3.8) is 0 Å². The highest BCUT2D eigenvalue weighted by atomic mass is 127. The summed E-state index contributed by atoms with van der Waals surface area (Å²) in [5, 5.41) is 3.36. The average molecular weight is 485 g/mol. The summed E-state index contributed by atoms with van der Waals surface area (Å²) in [7, 11) is -3.01. The van der Waals surface area contributed by atoms with E-state index in [-0.39, 0.29) is 29.7 Å². The Bertz CT molecular complexity index is 541. The normalized spacial score (nSPS) is 29.0. The molecule has 0 atom stereocenters. The molecule has 2 fully saturated rings. The second-order valence-corrected chi connectivity index (χ2v) is 10.7. The van der Waals surface area contributed by atoms with Crippen molar-refractivity contribution in [2.24, 2.45) is 16.8 Å². The fourth-order valence-electron chi connectivity index (χ4n) is 3.79. The molecule has 1 N–H and O–H groups in total. The number of sulfone groups is 1. The summed E-state index contributed by atoms with van der Waals surface area (Å²) in [5.41, 5.74) is 0. The first kappa shape index (κ1) is 23.0. The fourth-order valence-corrected chi connectivity index (χ4v) is 5.15. The van der Waals surface area contributed by atoms with Crippen LogP contribution in [0.2, 0.25) is 0 Å². The minimum atomic E-state index is -3.01. The summed E-state index contributed by atoms with van der Waals surface area (Å²) in [5.74, 6) is 2.69. The Labute approximate surface area is 171 Å². The number of hydrogen-bond donors (Lipinski definition) is 1. The van der Waals surface area contributed by atoms with Crippen molar-refractivity contribution in [3.8, 4) is 0 Å². The van der Waals surface area contributed by atoms with Crippen LogP contribution in [-0.4, -0.2) is 56.0 Å². The van der Waals surface area contributed by atoms with Gasteiger partial charge in [0, 0.05) is 26.2 Å². The molecule has 5 nitrogen and oxygen atoms in total. The predicted molar refractivity (Wildman–Crippen MR) is 117 cm³/mol. The van der Waals surface area contributed by atoms with Gasteiger partial charge in [0.05, 0.1) is 10.5 Å². The van der Waals surface area contributed by atoms with Crippen LogP contribution in [0.25, 0.3) is 0 Å². The zero-order valence-electron chi connectivity index (χ0n) is 16.3. The van der Waals surface area contributed by atoms with Crippen molar-refractivity contribution < 1.29 is 8.42 Å². The third kappa shape index (κ3) is 5.97. The molecule has 0 bridgehead atoms. The Balaban J connectivity index is 0.00000312. The van der Waals surface area contributed by atoms with Gasteiger partial charge in [-0.3, -0.25) is 4.99 Å². The van der Waals surface area contributed by atoms with E-state index >= 15 is 0 Å². The molecular weight excluding hydrogens is 449 g/mol. The first-order valence-corrected chi connectivity index (χ1v) is 11.2. The highest BCUT2D eigenvalue weighted by Crippen LogP contribution is 2.31. The van der Waals surface area contributed by atoms with Crippen molar-refractivity contribution >= 4 is 39.8 Å². The summed E-state index contributed by atoms with van der Waals surface area (Å²) in [6.07, 6.45) is 6.53. The molecule has 0 aromatic carbocycles. The highest BCUT2D eigenvalue weighted by Gasteiger charge is 2.41. The molecule has 1 saturated heterocycles. The van der Waals surface area contributed by atoms with E-state index in [4.69, 9.17) is 4.99 Å². The minimum absolute atomic E-state index is 0. The molecule has 0 aromatic heterocycles. The van der Waals surface area contributed by atoms with Crippen LogP contribution in [-0.2, 0) is 9.84 Å². The zero-order valence-corrected chi connectivity index (χ0v) is 19.4. The highest BCUT2D eigenvalue weighted by molar-refractivity contribution is 14.0. The molecule has 2 aliphatic rings. The quantitative estimate of drug-likeness (QED) is 0.377. The SMILES string of the molecule is CCNC(=NCC1CCC(CC)CC1)N1CCS(=O)(=O)C(C)(C)C1.I. The molecule has 1 aliphatic heterocycles. The molecule has 0 unspecified atom stereocenters. The molecule has 25 heavy (non-hydrogen) atoms. The van der Waals surface area contributed by atoms with E-state index in [1.165, 1.54) is 32.1 Å². The van der Waals surface area contributed by atoms with E-state index in [1.54, 1.807) is 0 Å². The smallest absolute Gasteiger partial charge is 0.194 e. The number of aliphatic imine (C=N–C) groups is 1. The van der Waals surface area contributed by atoms with Gasteiger partial charge in [-0.1, -0.05) is 26.2 Å². The van der Waals surface area contributed by atoms with E-state index in [0.717, 1.165) is 25.0 Å². The molecule has 0 aromatic rings. The molecule has 148 valence electrons. The van der Waals surface area contributed by atoms with Crippen molar-refractivity contribution in [1.82, 2.24) is 10.2 Å². The first-order chi connectivity index (χ1) is 11.3. The predicted octanol–water partition coefficient (Wildman–Crippen LogP) is 3.30. The van der Waals surface area contributed by atoms with Gasteiger partial charge in [-0.25, -0.2) is 8.42 Å². The number of nitrogens with one attached hydrogen (secondary N) is 1. The van der Waals surface area contributed by atoms with E-state index in [1.807, 2.05) is 13.8 Å². The van der Waals surface area contributed by atoms with Crippen LogP contribution in [0.3, 0.4) is 0 Å². The van der Waals surface area contributed by atoms with Gasteiger partial charge in [0.2, 0.25) is 0 Å². The lowest BCUT2D eigenvalue weighted by Gasteiger charge is -2.39. The third-order valence-electron chi connectivity index (χ3n) is 5.72. The lowest BCUT2D eigenvalue weighted by Crippen LogP contribution is -2.57. The van der Waals surface area contributed by atoms with Crippen LogP contribution >= 0.6 is 24.0 Å². The number of hydrogen-bond acceptors (Lipinski definition) is 3. The van der Waals surface area contributed by atoms with Crippen molar-refractivity contribution in [2.75, 3.05) is 31.9 Å². The van der Waals surface area contributed by atoms with E-state index in [2.05, 4.69) is 24.1 Å². The lowest BCUT2D eigenvalue weighted by atomic mass is 9.81. The summed E-state index contributed by atoms with van der Waals surface area (Å²) in [6.45, 7) is 10.7. The van der Waals surface area contributed by atoms with Gasteiger partial charge in [-0.15, -0.1) is 24.0 Å². The number of halogens is 1. The monoisotopic (exact) mass is 485 g/mol. The standard InChI is InChI=1S/C18H35N3O2S.HI/c1-5-15-7-9-16(10-8-15)13-20-17(19-6-2)21-11-12-24(22,23)18(3,4)14-21;/h15-16H,5-14H2,1-4H3,(H,19,20);1H. The molecule has 1 saturated carbocycles. The van der Waals surface area contributed by atoms with Gasteiger partial charge in [0.1, 0.15) is 0 Å². The molecule has 1 heterocycles. The molecule has 2 rings (SSSR count). The van der Waals surface area contributed by atoms with Crippen molar-refractivity contribution in [3.05, 3.63) is 0 Å². The summed E-state index contributed by atoms with van der Waals surface area (Å²) < 4.78 is 23.7. The van der Waals surface area contributed by atoms with E-state index in [9.17, 15) is 8.42 Å². The fraction of sp³-hybridized carbons (Fsp3) is 0.944. The minimum Gasteiger partial charge on any atom is -0.357 e. The van der Waals surface area contributed by atoms with Gasteiger partial charge >= 0.3 is 0 Å². The summed E-state index contributed by atoms with van der Waals surface area (Å²) in [4.78, 5) is 6.99. The van der Waals surface area contributed by atoms with Crippen LogP contribution in [0.1, 0.15) is 59.8 Å². The van der Waals surface area contributed by atoms with Crippen LogP contribution in [0.5, 0.6) is 0 Å². The Hall–Kier alpha value is -0.0500. The zero-order chi connectivity index (χ0) is 17.8. The molecule has 7 heteroatoms. The maximum Gasteiger partial charge on any atom is 0.194 e. The van der Waals surface area contributed by atoms with Gasteiger partial charge in [-0.05, 0) is 45.4 Å². The van der Waals surface area contributed by atoms with Gasteiger partial charge in [-0.2, -0.15) is 0 Å². The molecule has 0 spiro atoms. The number of rotatable bonds is 4. The summed E-state index contributed by atoms with van der Waals surface area (Å²) >= 11 is 0. The van der Waals surface area contributed by atoms with Gasteiger partial charge in [0.15, 0.2) is 15.8 Å². The Morgan fingerprint density at radius 2 is 1.76 bits per heavy atom. The second kappa shape index (κ2) is 9.76. The Morgan fingerprint density at radius 1 is 1.16 bits per heavy atom. The Kier molecular flexibility index (Phi) is 8.98.